The lowest BCUT2D eigenvalue weighted by molar-refractivity contribution is -0.385. The van der Waals surface area contributed by atoms with Gasteiger partial charge in [-0.3, -0.25) is 20.3 Å². The van der Waals surface area contributed by atoms with Crippen molar-refractivity contribution in [3.05, 3.63) is 88.5 Å². The second-order valence-corrected chi connectivity index (χ2v) is 5.98. The van der Waals surface area contributed by atoms with Crippen molar-refractivity contribution in [2.24, 2.45) is 5.92 Å². The van der Waals surface area contributed by atoms with Gasteiger partial charge in [0.25, 0.3) is 11.6 Å². The van der Waals surface area contributed by atoms with Crippen LogP contribution in [0, 0.1) is 16.0 Å². The number of nitrogens with zero attached hydrogens (tertiary/aromatic N) is 1. The standard InChI is InChI=1S/C19H21N3O3/c1-4-14(2)19(3,16-11-8-12-17(13-16)22(24)25)21-20-18(23)15-9-6-5-7-10-15/h4-14,21H,1H2,2-3H3,(H,20,23)/t14-,19+/m1/s1. The summed E-state index contributed by atoms with van der Waals surface area (Å²) in [7, 11) is 0. The molecule has 0 heterocycles. The second kappa shape index (κ2) is 7.72. The molecule has 0 saturated carbocycles. The van der Waals surface area contributed by atoms with Gasteiger partial charge in [0.2, 0.25) is 0 Å². The smallest absolute Gasteiger partial charge is 0.269 e. The van der Waals surface area contributed by atoms with Gasteiger partial charge in [0.15, 0.2) is 0 Å². The molecule has 0 spiro atoms. The number of rotatable bonds is 7. The van der Waals surface area contributed by atoms with Crippen molar-refractivity contribution in [1.29, 1.82) is 0 Å². The molecule has 0 bridgehead atoms. The van der Waals surface area contributed by atoms with Crippen LogP contribution in [0.1, 0.15) is 29.8 Å². The second-order valence-electron chi connectivity index (χ2n) is 5.98. The fourth-order valence-electron chi connectivity index (χ4n) is 2.48. The van der Waals surface area contributed by atoms with Crippen molar-refractivity contribution in [2.45, 2.75) is 19.4 Å². The van der Waals surface area contributed by atoms with Gasteiger partial charge in [-0.2, -0.15) is 0 Å². The third-order valence-corrected chi connectivity index (χ3v) is 4.39. The minimum Gasteiger partial charge on any atom is -0.287 e. The summed E-state index contributed by atoms with van der Waals surface area (Å²) in [6, 6.07) is 15.2. The summed E-state index contributed by atoms with van der Waals surface area (Å²) >= 11 is 0. The topological polar surface area (TPSA) is 84.3 Å². The highest BCUT2D eigenvalue weighted by Gasteiger charge is 2.33. The molecule has 0 aromatic heterocycles. The predicted molar refractivity (Wildman–Crippen MR) is 96.9 cm³/mol. The summed E-state index contributed by atoms with van der Waals surface area (Å²) < 4.78 is 0. The van der Waals surface area contributed by atoms with Crippen molar-refractivity contribution < 1.29 is 9.72 Å². The van der Waals surface area contributed by atoms with Crippen molar-refractivity contribution in [1.82, 2.24) is 10.9 Å². The number of carbonyl (C=O) groups is 1. The molecule has 0 aliphatic carbocycles. The first-order valence-electron chi connectivity index (χ1n) is 7.88. The van der Waals surface area contributed by atoms with Crippen LogP contribution in [0.15, 0.2) is 67.3 Å². The Kier molecular flexibility index (Phi) is 5.67. The van der Waals surface area contributed by atoms with Crippen molar-refractivity contribution in [3.63, 3.8) is 0 Å². The molecule has 2 aromatic rings. The Morgan fingerprint density at radius 1 is 1.24 bits per heavy atom. The molecule has 2 rings (SSSR count). The van der Waals surface area contributed by atoms with Gasteiger partial charge in [0.1, 0.15) is 0 Å². The number of nitrogens with one attached hydrogen (secondary N) is 2. The number of amides is 1. The molecule has 0 aliphatic rings. The highest BCUT2D eigenvalue weighted by atomic mass is 16.6. The minimum absolute atomic E-state index is 0.00354. The van der Waals surface area contributed by atoms with Crippen LogP contribution < -0.4 is 10.9 Å². The molecule has 2 atom stereocenters. The van der Waals surface area contributed by atoms with Crippen molar-refractivity contribution in [3.8, 4) is 0 Å². The monoisotopic (exact) mass is 339 g/mol. The Bertz CT molecular complexity index is 776. The molecular weight excluding hydrogens is 318 g/mol. The highest BCUT2D eigenvalue weighted by molar-refractivity contribution is 5.93. The lowest BCUT2D eigenvalue weighted by atomic mass is 9.81. The Hall–Kier alpha value is -2.99. The van der Waals surface area contributed by atoms with E-state index in [0.717, 1.165) is 0 Å². The Labute approximate surface area is 146 Å². The van der Waals surface area contributed by atoms with Crippen LogP contribution in [-0.4, -0.2) is 10.8 Å². The van der Waals surface area contributed by atoms with Crippen LogP contribution in [0.4, 0.5) is 5.69 Å². The zero-order valence-corrected chi connectivity index (χ0v) is 14.2. The number of non-ortho nitro benzene ring substituents is 1. The highest BCUT2D eigenvalue weighted by Crippen LogP contribution is 2.31. The average Bonchev–Trinajstić information content (AvgIpc) is 2.65. The van der Waals surface area contributed by atoms with E-state index in [1.165, 1.54) is 12.1 Å². The van der Waals surface area contributed by atoms with E-state index in [2.05, 4.69) is 17.4 Å². The van der Waals surface area contributed by atoms with Crippen molar-refractivity contribution in [2.75, 3.05) is 0 Å². The fourth-order valence-corrected chi connectivity index (χ4v) is 2.48. The van der Waals surface area contributed by atoms with Crippen LogP contribution in [0.25, 0.3) is 0 Å². The van der Waals surface area contributed by atoms with E-state index in [-0.39, 0.29) is 17.5 Å². The largest absolute Gasteiger partial charge is 0.287 e. The summed E-state index contributed by atoms with van der Waals surface area (Å²) in [5.74, 6) is -0.390. The van der Waals surface area contributed by atoms with Crippen LogP contribution in [0.2, 0.25) is 0 Å². The minimum atomic E-state index is -0.766. The molecule has 2 N–H and O–H groups in total. The summed E-state index contributed by atoms with van der Waals surface area (Å²) in [6.45, 7) is 7.60. The first-order valence-corrected chi connectivity index (χ1v) is 7.88. The van der Waals surface area contributed by atoms with Gasteiger partial charge < -0.3 is 0 Å². The molecule has 130 valence electrons. The molecule has 0 radical (unpaired) electrons. The van der Waals surface area contributed by atoms with E-state index in [4.69, 9.17) is 0 Å². The van der Waals surface area contributed by atoms with Gasteiger partial charge in [0, 0.05) is 17.7 Å². The number of carbonyl (C=O) groups excluding carboxylic acids is 1. The van der Waals surface area contributed by atoms with E-state index in [9.17, 15) is 14.9 Å². The summed E-state index contributed by atoms with van der Waals surface area (Å²) in [4.78, 5) is 22.9. The van der Waals surface area contributed by atoms with Gasteiger partial charge in [-0.25, -0.2) is 5.43 Å². The molecule has 6 nitrogen and oxygen atoms in total. The SMILES string of the molecule is C=C[C@@H](C)[C@](C)(NNC(=O)c1ccccc1)c1cccc([N+](=O)[O-])c1. The van der Waals surface area contributed by atoms with E-state index in [0.29, 0.717) is 11.1 Å². The zero-order valence-electron chi connectivity index (χ0n) is 14.2. The Balaban J connectivity index is 2.29. The molecular formula is C19H21N3O3. The van der Waals surface area contributed by atoms with Gasteiger partial charge >= 0.3 is 0 Å². The van der Waals surface area contributed by atoms with E-state index in [1.807, 2.05) is 19.9 Å². The lowest BCUT2D eigenvalue weighted by Crippen LogP contribution is -2.53. The van der Waals surface area contributed by atoms with Crippen LogP contribution in [-0.2, 0) is 5.54 Å². The third-order valence-electron chi connectivity index (χ3n) is 4.39. The summed E-state index contributed by atoms with van der Waals surface area (Å²) in [6.07, 6.45) is 1.74. The maximum absolute atomic E-state index is 12.3. The van der Waals surface area contributed by atoms with Gasteiger partial charge in [-0.05, 0) is 30.5 Å². The van der Waals surface area contributed by atoms with E-state index < -0.39 is 10.5 Å². The first kappa shape index (κ1) is 18.4. The zero-order chi connectivity index (χ0) is 18.4. The number of hydrazine groups is 1. The Morgan fingerprint density at radius 2 is 1.92 bits per heavy atom. The number of nitro benzene ring substituents is 1. The summed E-state index contributed by atoms with van der Waals surface area (Å²) in [5, 5.41) is 11.1. The molecule has 0 fully saturated rings. The predicted octanol–water partition coefficient (Wildman–Crippen LogP) is 3.57. The van der Waals surface area contributed by atoms with Gasteiger partial charge in [-0.1, -0.05) is 43.3 Å². The summed E-state index contributed by atoms with van der Waals surface area (Å²) in [5.41, 5.74) is 6.16. The first-order chi connectivity index (χ1) is 11.9. The molecule has 0 aliphatic heterocycles. The maximum Gasteiger partial charge on any atom is 0.269 e. The quantitative estimate of drug-likeness (QED) is 0.459. The maximum atomic E-state index is 12.3. The molecule has 0 saturated heterocycles. The van der Waals surface area contributed by atoms with E-state index in [1.54, 1.807) is 42.5 Å². The van der Waals surface area contributed by atoms with Crippen LogP contribution in [0.5, 0.6) is 0 Å². The fraction of sp³-hybridized carbons (Fsp3) is 0.211. The number of hydrogen-bond donors (Lipinski definition) is 2. The Morgan fingerprint density at radius 3 is 2.52 bits per heavy atom. The van der Waals surface area contributed by atoms with Gasteiger partial charge in [0.05, 0.1) is 10.5 Å². The average molecular weight is 339 g/mol. The van der Waals surface area contributed by atoms with Crippen LogP contribution in [0.3, 0.4) is 0 Å². The number of benzene rings is 2. The molecule has 0 unspecified atom stereocenters. The molecule has 1 amide bonds. The normalized spacial score (nSPS) is 14.2. The van der Waals surface area contributed by atoms with Gasteiger partial charge in [-0.15, -0.1) is 6.58 Å². The molecule has 2 aromatic carbocycles. The molecule has 25 heavy (non-hydrogen) atoms. The number of hydrogen-bond acceptors (Lipinski definition) is 4. The third kappa shape index (κ3) is 4.10. The van der Waals surface area contributed by atoms with Crippen LogP contribution >= 0.6 is 0 Å². The number of nitro groups is 1. The molecule has 6 heteroatoms. The lowest BCUT2D eigenvalue weighted by Gasteiger charge is -2.35. The van der Waals surface area contributed by atoms with E-state index >= 15 is 0 Å². The van der Waals surface area contributed by atoms with Crippen molar-refractivity contribution >= 4 is 11.6 Å².